The van der Waals surface area contributed by atoms with Crippen molar-refractivity contribution in [2.24, 2.45) is 0 Å². The first kappa shape index (κ1) is 12.6. The van der Waals surface area contributed by atoms with Gasteiger partial charge in [0.25, 0.3) is 0 Å². The summed E-state index contributed by atoms with van der Waals surface area (Å²) in [4.78, 5) is 0.916. The molecule has 0 atom stereocenters. The van der Waals surface area contributed by atoms with E-state index in [1.54, 1.807) is 12.1 Å². The molecular formula is C8H5ClF3N3S2. The zero-order valence-electron chi connectivity index (χ0n) is 8.08. The van der Waals surface area contributed by atoms with E-state index >= 15 is 0 Å². The molecule has 0 aliphatic heterocycles. The summed E-state index contributed by atoms with van der Waals surface area (Å²) < 4.78 is 37.3. The quantitative estimate of drug-likeness (QED) is 0.934. The van der Waals surface area contributed by atoms with Gasteiger partial charge in [0.15, 0.2) is 0 Å². The van der Waals surface area contributed by atoms with Gasteiger partial charge in [0.1, 0.15) is 0 Å². The van der Waals surface area contributed by atoms with Crippen LogP contribution in [0.3, 0.4) is 0 Å². The number of alkyl halides is 3. The molecule has 0 radical (unpaired) electrons. The second-order valence-corrected chi connectivity index (χ2v) is 5.75. The highest BCUT2D eigenvalue weighted by molar-refractivity contribution is 7.16. The summed E-state index contributed by atoms with van der Waals surface area (Å²) in [5, 5.41) is 8.43. The number of aromatic nitrogens is 2. The molecule has 0 saturated carbocycles. The molecule has 3 nitrogen and oxygen atoms in total. The van der Waals surface area contributed by atoms with Gasteiger partial charge in [0.05, 0.1) is 10.9 Å². The van der Waals surface area contributed by atoms with E-state index in [2.05, 4.69) is 15.5 Å². The maximum atomic E-state index is 12.2. The van der Waals surface area contributed by atoms with Crippen molar-refractivity contribution in [3.8, 4) is 0 Å². The molecule has 2 aromatic heterocycles. The molecule has 0 spiro atoms. The minimum absolute atomic E-state index is 0.141. The number of hydrogen-bond acceptors (Lipinski definition) is 5. The van der Waals surface area contributed by atoms with Crippen molar-refractivity contribution in [1.29, 1.82) is 0 Å². The first-order chi connectivity index (χ1) is 7.95. The normalized spacial score (nSPS) is 11.8. The average Bonchev–Trinajstić information content (AvgIpc) is 2.82. The Morgan fingerprint density at radius 1 is 1.24 bits per heavy atom. The summed E-state index contributed by atoms with van der Waals surface area (Å²) in [5.74, 6) is 0. The molecule has 0 aromatic carbocycles. The molecule has 17 heavy (non-hydrogen) atoms. The largest absolute Gasteiger partial charge is 0.445 e. The van der Waals surface area contributed by atoms with Crippen molar-refractivity contribution < 1.29 is 13.2 Å². The number of anilines is 1. The minimum Gasteiger partial charge on any atom is -0.355 e. The molecule has 2 aromatic rings. The molecule has 1 N–H and O–H groups in total. The first-order valence-corrected chi connectivity index (χ1v) is 6.35. The van der Waals surface area contributed by atoms with Crippen LogP contribution in [0.4, 0.5) is 18.3 Å². The topological polar surface area (TPSA) is 37.8 Å². The molecular weight excluding hydrogens is 295 g/mol. The second kappa shape index (κ2) is 4.79. The maximum Gasteiger partial charge on any atom is 0.445 e. The predicted molar refractivity (Wildman–Crippen MR) is 61.6 cm³/mol. The van der Waals surface area contributed by atoms with Crippen molar-refractivity contribution in [2.45, 2.75) is 12.7 Å². The number of halogens is 4. The lowest BCUT2D eigenvalue weighted by Crippen LogP contribution is -2.03. The monoisotopic (exact) mass is 299 g/mol. The van der Waals surface area contributed by atoms with Crippen LogP contribution >= 0.6 is 34.3 Å². The van der Waals surface area contributed by atoms with Crippen LogP contribution in [-0.2, 0) is 12.7 Å². The third kappa shape index (κ3) is 3.30. The van der Waals surface area contributed by atoms with Gasteiger partial charge in [-0.2, -0.15) is 13.2 Å². The van der Waals surface area contributed by atoms with Crippen LogP contribution in [0, 0.1) is 0 Å². The standard InChI is InChI=1S/C8H5ClF3N3S2/c9-5-2-1-4(16-5)3-13-7-15-14-6(17-7)8(10,11)12/h1-2H,3H2,(H,13,15). The lowest BCUT2D eigenvalue weighted by atomic mass is 10.5. The molecule has 0 aliphatic rings. The summed E-state index contributed by atoms with van der Waals surface area (Å²) in [6.07, 6.45) is -4.44. The predicted octanol–water partition coefficient (Wildman–Crippen LogP) is 3.88. The highest BCUT2D eigenvalue weighted by Gasteiger charge is 2.35. The highest BCUT2D eigenvalue weighted by atomic mass is 35.5. The van der Waals surface area contributed by atoms with Crippen LogP contribution in [0.1, 0.15) is 9.88 Å². The van der Waals surface area contributed by atoms with E-state index in [-0.39, 0.29) is 5.13 Å². The van der Waals surface area contributed by atoms with E-state index in [0.717, 1.165) is 4.88 Å². The lowest BCUT2D eigenvalue weighted by Gasteiger charge is -1.99. The Hall–Kier alpha value is -0.860. The number of thiophene rings is 1. The maximum absolute atomic E-state index is 12.2. The van der Waals surface area contributed by atoms with E-state index in [4.69, 9.17) is 11.6 Å². The minimum atomic E-state index is -4.44. The van der Waals surface area contributed by atoms with Crippen molar-refractivity contribution in [3.63, 3.8) is 0 Å². The smallest absolute Gasteiger partial charge is 0.355 e. The lowest BCUT2D eigenvalue weighted by molar-refractivity contribution is -0.138. The van der Waals surface area contributed by atoms with Gasteiger partial charge in [-0.3, -0.25) is 0 Å². The van der Waals surface area contributed by atoms with Crippen LogP contribution < -0.4 is 5.32 Å². The Balaban J connectivity index is 1.98. The van der Waals surface area contributed by atoms with Crippen molar-refractivity contribution >= 4 is 39.4 Å². The van der Waals surface area contributed by atoms with Crippen molar-refractivity contribution in [3.05, 3.63) is 26.4 Å². The van der Waals surface area contributed by atoms with Crippen LogP contribution in [0.25, 0.3) is 0 Å². The Morgan fingerprint density at radius 3 is 2.53 bits per heavy atom. The Kier molecular flexibility index (Phi) is 3.55. The molecule has 0 saturated heterocycles. The zero-order valence-corrected chi connectivity index (χ0v) is 10.5. The number of rotatable bonds is 3. The molecule has 0 aliphatic carbocycles. The Labute approximate surface area is 107 Å². The fourth-order valence-electron chi connectivity index (χ4n) is 1.02. The van der Waals surface area contributed by atoms with Crippen LogP contribution in [0.2, 0.25) is 4.34 Å². The van der Waals surface area contributed by atoms with Gasteiger partial charge in [-0.1, -0.05) is 22.9 Å². The van der Waals surface area contributed by atoms with Crippen molar-refractivity contribution in [1.82, 2.24) is 10.2 Å². The number of nitrogens with one attached hydrogen (secondary N) is 1. The van der Waals surface area contributed by atoms with Gasteiger partial charge in [0.2, 0.25) is 10.1 Å². The van der Waals surface area contributed by atoms with E-state index in [1.807, 2.05) is 0 Å². The van der Waals surface area contributed by atoms with Gasteiger partial charge in [-0.05, 0) is 12.1 Å². The molecule has 9 heteroatoms. The zero-order chi connectivity index (χ0) is 12.5. The summed E-state index contributed by atoms with van der Waals surface area (Å²) >= 11 is 7.56. The highest BCUT2D eigenvalue weighted by Crippen LogP contribution is 2.33. The van der Waals surface area contributed by atoms with Gasteiger partial charge < -0.3 is 5.32 Å². The van der Waals surface area contributed by atoms with Crippen LogP contribution in [0.5, 0.6) is 0 Å². The molecule has 2 heterocycles. The van der Waals surface area contributed by atoms with Crippen molar-refractivity contribution in [2.75, 3.05) is 5.32 Å². The number of hydrogen-bond donors (Lipinski definition) is 1. The molecule has 0 amide bonds. The van der Waals surface area contributed by atoms with E-state index in [0.29, 0.717) is 22.2 Å². The molecule has 92 valence electrons. The molecule has 0 unspecified atom stereocenters. The third-order valence-corrected chi connectivity index (χ3v) is 3.87. The molecule has 2 rings (SSSR count). The van der Waals surface area contributed by atoms with E-state index in [9.17, 15) is 13.2 Å². The first-order valence-electron chi connectivity index (χ1n) is 4.34. The SMILES string of the molecule is FC(F)(F)c1nnc(NCc2ccc(Cl)s2)s1. The Morgan fingerprint density at radius 2 is 2.00 bits per heavy atom. The fraction of sp³-hybridized carbons (Fsp3) is 0.250. The fourth-order valence-corrected chi connectivity index (χ4v) is 2.65. The third-order valence-electron chi connectivity index (χ3n) is 1.71. The van der Waals surface area contributed by atoms with Gasteiger partial charge in [-0.15, -0.1) is 21.5 Å². The molecule has 0 bridgehead atoms. The average molecular weight is 300 g/mol. The summed E-state index contributed by atoms with van der Waals surface area (Å²) in [6.45, 7) is 0.379. The Bertz CT molecular complexity index is 508. The van der Waals surface area contributed by atoms with Gasteiger partial charge >= 0.3 is 6.18 Å². The van der Waals surface area contributed by atoms with Crippen LogP contribution in [-0.4, -0.2) is 10.2 Å². The second-order valence-electron chi connectivity index (χ2n) is 2.97. The van der Waals surface area contributed by atoms with E-state index in [1.165, 1.54) is 11.3 Å². The summed E-state index contributed by atoms with van der Waals surface area (Å²) in [5.41, 5.74) is 0. The summed E-state index contributed by atoms with van der Waals surface area (Å²) in [7, 11) is 0. The summed E-state index contributed by atoms with van der Waals surface area (Å²) in [6, 6.07) is 3.52. The van der Waals surface area contributed by atoms with Gasteiger partial charge in [-0.25, -0.2) is 0 Å². The van der Waals surface area contributed by atoms with Gasteiger partial charge in [0, 0.05) is 4.88 Å². The molecule has 0 fully saturated rings. The van der Waals surface area contributed by atoms with Crippen LogP contribution in [0.15, 0.2) is 12.1 Å². The van der Waals surface area contributed by atoms with E-state index < -0.39 is 11.2 Å². The number of nitrogens with zero attached hydrogens (tertiary/aromatic N) is 2.